The van der Waals surface area contributed by atoms with Crippen LogP contribution in [-0.4, -0.2) is 29.0 Å². The fraction of sp³-hybridized carbons (Fsp3) is 0.538. The molecule has 0 aliphatic carbocycles. The highest BCUT2D eigenvalue weighted by Crippen LogP contribution is 2.22. The topological polar surface area (TPSA) is 49.7 Å². The van der Waals surface area contributed by atoms with Crippen LogP contribution in [0.1, 0.15) is 25.8 Å². The Morgan fingerprint density at radius 3 is 2.65 bits per heavy atom. The monoisotopic (exact) mass is 242 g/mol. The van der Waals surface area contributed by atoms with Crippen molar-refractivity contribution in [1.82, 2.24) is 0 Å². The molecule has 2 unspecified atom stereocenters. The molecule has 2 atom stereocenters. The average molecular weight is 242 g/mol. The molecule has 96 valence electrons. The van der Waals surface area contributed by atoms with Gasteiger partial charge < -0.3 is 14.9 Å². The van der Waals surface area contributed by atoms with Crippen LogP contribution in [0.2, 0.25) is 0 Å². The summed E-state index contributed by atoms with van der Waals surface area (Å²) in [5.74, 6) is 0.307. The molecule has 0 saturated heterocycles. The van der Waals surface area contributed by atoms with Gasteiger partial charge in [-0.2, -0.15) is 0 Å². The van der Waals surface area contributed by atoms with Gasteiger partial charge in [0, 0.05) is 0 Å². The summed E-state index contributed by atoms with van der Waals surface area (Å²) in [5, 5.41) is 18.7. The summed E-state index contributed by atoms with van der Waals surface area (Å²) < 4.78 is 18.5. The smallest absolute Gasteiger partial charge is 0.123 e. The molecule has 17 heavy (non-hydrogen) atoms. The van der Waals surface area contributed by atoms with E-state index in [1.807, 2.05) is 6.92 Å². The molecule has 0 aliphatic rings. The highest BCUT2D eigenvalue weighted by Gasteiger charge is 2.13. The first-order valence-corrected chi connectivity index (χ1v) is 5.82. The largest absolute Gasteiger partial charge is 0.494 e. The predicted molar refractivity (Wildman–Crippen MR) is 63.6 cm³/mol. The van der Waals surface area contributed by atoms with Crippen molar-refractivity contribution in [2.75, 3.05) is 6.61 Å². The van der Waals surface area contributed by atoms with Crippen molar-refractivity contribution in [2.45, 2.75) is 38.9 Å². The fourth-order valence-corrected chi connectivity index (χ4v) is 1.58. The standard InChI is InChI=1S/C13H19FO3/c1-3-17-13-7-5-11(14)8-10(13)4-6-12(16)9(2)15/h5,7-9,12,15-16H,3-4,6H2,1-2H3. The molecular weight excluding hydrogens is 223 g/mol. The second-order valence-electron chi connectivity index (χ2n) is 4.03. The molecule has 0 aromatic heterocycles. The molecule has 4 heteroatoms. The van der Waals surface area contributed by atoms with Crippen molar-refractivity contribution in [1.29, 1.82) is 0 Å². The number of halogens is 1. The normalized spacial score (nSPS) is 14.4. The van der Waals surface area contributed by atoms with Crippen LogP contribution in [0.4, 0.5) is 4.39 Å². The Labute approximate surface area is 101 Å². The summed E-state index contributed by atoms with van der Waals surface area (Å²) in [7, 11) is 0. The molecule has 0 radical (unpaired) electrons. The van der Waals surface area contributed by atoms with Gasteiger partial charge in [-0.25, -0.2) is 4.39 Å². The number of hydrogen-bond acceptors (Lipinski definition) is 3. The summed E-state index contributed by atoms with van der Waals surface area (Å²) in [4.78, 5) is 0. The van der Waals surface area contributed by atoms with E-state index in [0.717, 1.165) is 0 Å². The van der Waals surface area contributed by atoms with Gasteiger partial charge in [0.2, 0.25) is 0 Å². The molecule has 0 spiro atoms. The van der Waals surface area contributed by atoms with Gasteiger partial charge in [-0.05, 0) is 50.5 Å². The van der Waals surface area contributed by atoms with Gasteiger partial charge in [0.15, 0.2) is 0 Å². The van der Waals surface area contributed by atoms with Gasteiger partial charge in [0.25, 0.3) is 0 Å². The molecular formula is C13H19FO3. The van der Waals surface area contributed by atoms with Crippen molar-refractivity contribution in [3.63, 3.8) is 0 Å². The van der Waals surface area contributed by atoms with Crippen molar-refractivity contribution in [3.05, 3.63) is 29.6 Å². The number of aryl methyl sites for hydroxylation is 1. The van der Waals surface area contributed by atoms with E-state index in [-0.39, 0.29) is 5.82 Å². The second-order valence-corrected chi connectivity index (χ2v) is 4.03. The maximum atomic E-state index is 13.1. The first-order chi connectivity index (χ1) is 8.04. The molecule has 0 heterocycles. The Morgan fingerprint density at radius 2 is 2.06 bits per heavy atom. The van der Waals surface area contributed by atoms with Crippen molar-refractivity contribution >= 4 is 0 Å². The molecule has 0 aliphatic heterocycles. The number of hydrogen-bond donors (Lipinski definition) is 2. The van der Waals surface area contributed by atoms with Gasteiger partial charge in [0.05, 0.1) is 18.8 Å². The van der Waals surface area contributed by atoms with Crippen LogP contribution in [0.25, 0.3) is 0 Å². The number of ether oxygens (including phenoxy) is 1. The SMILES string of the molecule is CCOc1ccc(F)cc1CCC(O)C(C)O. The maximum Gasteiger partial charge on any atom is 0.123 e. The van der Waals surface area contributed by atoms with Crippen LogP contribution in [-0.2, 0) is 6.42 Å². The van der Waals surface area contributed by atoms with E-state index in [2.05, 4.69) is 0 Å². The molecule has 3 nitrogen and oxygen atoms in total. The fourth-order valence-electron chi connectivity index (χ4n) is 1.58. The summed E-state index contributed by atoms with van der Waals surface area (Å²) in [6.07, 6.45) is -0.729. The highest BCUT2D eigenvalue weighted by atomic mass is 19.1. The van der Waals surface area contributed by atoms with Gasteiger partial charge in [0.1, 0.15) is 11.6 Å². The molecule has 1 rings (SSSR count). The Kier molecular flexibility index (Phi) is 5.38. The molecule has 0 bridgehead atoms. The van der Waals surface area contributed by atoms with E-state index in [4.69, 9.17) is 4.74 Å². The summed E-state index contributed by atoms with van der Waals surface area (Å²) in [6.45, 7) is 3.90. The number of benzene rings is 1. The minimum Gasteiger partial charge on any atom is -0.494 e. The Hall–Kier alpha value is -1.13. The van der Waals surface area contributed by atoms with Crippen molar-refractivity contribution in [2.24, 2.45) is 0 Å². The first kappa shape index (κ1) is 13.9. The van der Waals surface area contributed by atoms with E-state index < -0.39 is 12.2 Å². The molecule has 1 aromatic carbocycles. The third kappa shape index (κ3) is 4.32. The van der Waals surface area contributed by atoms with Gasteiger partial charge >= 0.3 is 0 Å². The lowest BCUT2D eigenvalue weighted by Crippen LogP contribution is -2.22. The average Bonchev–Trinajstić information content (AvgIpc) is 2.29. The minimum atomic E-state index is -0.798. The highest BCUT2D eigenvalue weighted by molar-refractivity contribution is 5.34. The van der Waals surface area contributed by atoms with Crippen molar-refractivity contribution in [3.8, 4) is 5.75 Å². The zero-order valence-corrected chi connectivity index (χ0v) is 10.2. The third-order valence-electron chi connectivity index (χ3n) is 2.59. The molecule has 1 aromatic rings. The van der Waals surface area contributed by atoms with E-state index >= 15 is 0 Å². The van der Waals surface area contributed by atoms with Crippen LogP contribution in [0.5, 0.6) is 5.75 Å². The van der Waals surface area contributed by atoms with Crippen LogP contribution in [0, 0.1) is 5.82 Å². The third-order valence-corrected chi connectivity index (χ3v) is 2.59. The van der Waals surface area contributed by atoms with Gasteiger partial charge in [-0.1, -0.05) is 0 Å². The first-order valence-electron chi connectivity index (χ1n) is 5.82. The van der Waals surface area contributed by atoms with Crippen molar-refractivity contribution < 1.29 is 19.3 Å². The lowest BCUT2D eigenvalue weighted by molar-refractivity contribution is 0.0264. The Morgan fingerprint density at radius 1 is 1.35 bits per heavy atom. The Bertz CT molecular complexity index is 353. The lowest BCUT2D eigenvalue weighted by Gasteiger charge is -2.15. The van der Waals surface area contributed by atoms with Crippen LogP contribution >= 0.6 is 0 Å². The molecule has 0 fully saturated rings. The van der Waals surface area contributed by atoms with E-state index in [0.29, 0.717) is 30.8 Å². The zero-order valence-electron chi connectivity index (χ0n) is 10.2. The van der Waals surface area contributed by atoms with E-state index in [1.54, 1.807) is 6.07 Å². The molecule has 0 saturated carbocycles. The number of aliphatic hydroxyl groups is 2. The van der Waals surface area contributed by atoms with Gasteiger partial charge in [-0.15, -0.1) is 0 Å². The van der Waals surface area contributed by atoms with Crippen LogP contribution < -0.4 is 4.74 Å². The number of aliphatic hydroxyl groups excluding tert-OH is 2. The Balaban J connectivity index is 2.71. The quantitative estimate of drug-likeness (QED) is 0.801. The van der Waals surface area contributed by atoms with Crippen LogP contribution in [0.15, 0.2) is 18.2 Å². The van der Waals surface area contributed by atoms with E-state index in [9.17, 15) is 14.6 Å². The summed E-state index contributed by atoms with van der Waals surface area (Å²) in [5.41, 5.74) is 0.714. The number of rotatable bonds is 6. The minimum absolute atomic E-state index is 0.324. The second kappa shape index (κ2) is 6.57. The van der Waals surface area contributed by atoms with Gasteiger partial charge in [-0.3, -0.25) is 0 Å². The molecule has 0 amide bonds. The summed E-state index contributed by atoms with van der Waals surface area (Å²) in [6, 6.07) is 4.34. The zero-order chi connectivity index (χ0) is 12.8. The summed E-state index contributed by atoms with van der Waals surface area (Å²) >= 11 is 0. The lowest BCUT2D eigenvalue weighted by atomic mass is 10.0. The molecule has 2 N–H and O–H groups in total. The van der Waals surface area contributed by atoms with Crippen LogP contribution in [0.3, 0.4) is 0 Å². The maximum absolute atomic E-state index is 13.1. The van der Waals surface area contributed by atoms with E-state index in [1.165, 1.54) is 19.1 Å². The predicted octanol–water partition coefficient (Wildman–Crippen LogP) is 1.90.